The first-order valence-electron chi connectivity index (χ1n) is 10.4. The fourth-order valence-corrected chi connectivity index (χ4v) is 4.24. The van der Waals surface area contributed by atoms with Crippen molar-refractivity contribution in [3.8, 4) is 5.75 Å². The van der Waals surface area contributed by atoms with Gasteiger partial charge in [-0.1, -0.05) is 18.6 Å². The highest BCUT2D eigenvalue weighted by atomic mass is 16.5. The average molecular weight is 394 g/mol. The smallest absolute Gasteiger partial charge is 0.274 e. The van der Waals surface area contributed by atoms with Crippen LogP contribution in [0.25, 0.3) is 0 Å². The second-order valence-electron chi connectivity index (χ2n) is 7.59. The minimum absolute atomic E-state index is 0.0466. The third-order valence-electron chi connectivity index (χ3n) is 5.68. The number of hydrogen-bond donors (Lipinski definition) is 1. The van der Waals surface area contributed by atoms with Crippen molar-refractivity contribution in [3.63, 3.8) is 0 Å². The number of piperidine rings is 1. The number of ether oxygens (including phenoxy) is 1. The van der Waals surface area contributed by atoms with Crippen molar-refractivity contribution in [2.45, 2.75) is 50.6 Å². The number of hydrogen-bond acceptors (Lipinski definition) is 5. The van der Waals surface area contributed by atoms with Gasteiger partial charge < -0.3 is 15.0 Å². The predicted molar refractivity (Wildman–Crippen MR) is 108 cm³/mol. The Morgan fingerprint density at radius 2 is 1.97 bits per heavy atom. The molecule has 152 valence electrons. The Bertz CT molecular complexity index is 858. The second kappa shape index (κ2) is 9.03. The van der Waals surface area contributed by atoms with Gasteiger partial charge in [-0.2, -0.15) is 5.10 Å². The van der Waals surface area contributed by atoms with Crippen molar-refractivity contribution in [2.24, 2.45) is 0 Å². The minimum Gasteiger partial charge on any atom is -0.493 e. The molecular weight excluding hydrogens is 368 g/mol. The summed E-state index contributed by atoms with van der Waals surface area (Å²) >= 11 is 0. The molecule has 1 fully saturated rings. The molecule has 0 radical (unpaired) electrons. The van der Waals surface area contributed by atoms with Gasteiger partial charge in [-0.15, -0.1) is 5.10 Å². The number of carbonyl (C=O) groups is 2. The van der Waals surface area contributed by atoms with Gasteiger partial charge in [-0.05, 0) is 56.4 Å². The number of nitrogens with zero attached hydrogens (tertiary/aromatic N) is 3. The van der Waals surface area contributed by atoms with Crippen LogP contribution in [-0.4, -0.2) is 52.1 Å². The molecule has 2 amide bonds. The van der Waals surface area contributed by atoms with Gasteiger partial charge >= 0.3 is 0 Å². The van der Waals surface area contributed by atoms with E-state index < -0.39 is 0 Å². The Labute approximate surface area is 170 Å². The standard InChI is InChI=1S/C22H26N4O3/c27-21-16-8-3-4-12-20(16)29-15-5-1-2-11-19-17(24-21)10-7-14-26(19)22(28)18-9-6-13-23-25-18/h3-4,6,8-9,12-13,17,19H,1-2,5,7,10-11,14-15H2,(H,24,27)/t17-,19-/m0/s1. The Balaban J connectivity index is 1.60. The van der Waals surface area contributed by atoms with Crippen LogP contribution in [0.15, 0.2) is 42.6 Å². The molecule has 0 saturated carbocycles. The van der Waals surface area contributed by atoms with Crippen molar-refractivity contribution in [3.05, 3.63) is 53.9 Å². The van der Waals surface area contributed by atoms with E-state index in [4.69, 9.17) is 4.74 Å². The van der Waals surface area contributed by atoms with Crippen LogP contribution in [-0.2, 0) is 0 Å². The van der Waals surface area contributed by atoms with E-state index in [0.29, 0.717) is 30.2 Å². The van der Waals surface area contributed by atoms with E-state index in [-0.39, 0.29) is 23.9 Å². The fraction of sp³-hybridized carbons (Fsp3) is 0.455. The van der Waals surface area contributed by atoms with E-state index in [1.807, 2.05) is 23.1 Å². The van der Waals surface area contributed by atoms with Crippen molar-refractivity contribution in [2.75, 3.05) is 13.2 Å². The average Bonchev–Trinajstić information content (AvgIpc) is 2.76. The molecule has 1 aromatic carbocycles. The zero-order chi connectivity index (χ0) is 20.1. The lowest BCUT2D eigenvalue weighted by Crippen LogP contribution is -2.57. The molecule has 0 aliphatic carbocycles. The lowest BCUT2D eigenvalue weighted by Gasteiger charge is -2.41. The summed E-state index contributed by atoms with van der Waals surface area (Å²) < 4.78 is 5.84. The van der Waals surface area contributed by atoms with Crippen LogP contribution < -0.4 is 10.1 Å². The van der Waals surface area contributed by atoms with Gasteiger partial charge in [0.1, 0.15) is 5.75 Å². The van der Waals surface area contributed by atoms with Gasteiger partial charge in [0.15, 0.2) is 5.69 Å². The van der Waals surface area contributed by atoms with Crippen molar-refractivity contribution in [1.29, 1.82) is 0 Å². The summed E-state index contributed by atoms with van der Waals surface area (Å²) in [6, 6.07) is 10.6. The zero-order valence-corrected chi connectivity index (χ0v) is 16.4. The van der Waals surface area contributed by atoms with Crippen molar-refractivity contribution >= 4 is 11.8 Å². The summed E-state index contributed by atoms with van der Waals surface area (Å²) in [5.41, 5.74) is 0.897. The first-order chi connectivity index (χ1) is 14.2. The SMILES string of the molecule is O=C1N[C@H]2CCCN(C(=O)c3cccnn3)[C@H]2CCCCCOc2ccccc21. The molecule has 4 rings (SSSR count). The van der Waals surface area contributed by atoms with Crippen LogP contribution in [0.3, 0.4) is 0 Å². The summed E-state index contributed by atoms with van der Waals surface area (Å²) in [6.07, 6.45) is 7.02. The molecular formula is C22H26N4O3. The lowest BCUT2D eigenvalue weighted by atomic mass is 9.90. The van der Waals surface area contributed by atoms with E-state index in [9.17, 15) is 9.59 Å². The molecule has 2 atom stereocenters. The largest absolute Gasteiger partial charge is 0.493 e. The Hall–Kier alpha value is -2.96. The molecule has 1 aromatic heterocycles. The summed E-state index contributed by atoms with van der Waals surface area (Å²) in [5, 5.41) is 11.0. The minimum atomic E-state index is -0.148. The first kappa shape index (κ1) is 19.4. The molecule has 1 N–H and O–H groups in total. The van der Waals surface area contributed by atoms with Crippen LogP contribution in [0.1, 0.15) is 59.4 Å². The number of carbonyl (C=O) groups excluding carboxylic acids is 2. The highest BCUT2D eigenvalue weighted by molar-refractivity contribution is 5.97. The summed E-state index contributed by atoms with van der Waals surface area (Å²) in [4.78, 5) is 28.0. The molecule has 2 aliphatic rings. The Kier molecular flexibility index (Phi) is 6.03. The monoisotopic (exact) mass is 394 g/mol. The Morgan fingerprint density at radius 1 is 1.07 bits per heavy atom. The molecule has 7 heteroatoms. The molecule has 2 aliphatic heterocycles. The van der Waals surface area contributed by atoms with Gasteiger partial charge in [0.05, 0.1) is 18.2 Å². The van der Waals surface area contributed by atoms with Crippen molar-refractivity contribution in [1.82, 2.24) is 20.4 Å². The van der Waals surface area contributed by atoms with E-state index in [1.165, 1.54) is 0 Å². The quantitative estimate of drug-likeness (QED) is 0.804. The van der Waals surface area contributed by atoms with Crippen LogP contribution in [0, 0.1) is 0 Å². The number of para-hydroxylation sites is 1. The van der Waals surface area contributed by atoms with Gasteiger partial charge in [0, 0.05) is 18.8 Å². The summed E-state index contributed by atoms with van der Waals surface area (Å²) in [5.74, 6) is 0.355. The molecule has 2 aromatic rings. The van der Waals surface area contributed by atoms with Crippen LogP contribution >= 0.6 is 0 Å². The lowest BCUT2D eigenvalue weighted by molar-refractivity contribution is 0.0498. The highest BCUT2D eigenvalue weighted by Gasteiger charge is 2.36. The van der Waals surface area contributed by atoms with E-state index in [0.717, 1.165) is 38.5 Å². The molecule has 0 bridgehead atoms. The molecule has 0 spiro atoms. The number of fused-ring (bicyclic) bond motifs is 2. The maximum atomic E-state index is 13.1. The van der Waals surface area contributed by atoms with Gasteiger partial charge in [0.2, 0.25) is 0 Å². The third kappa shape index (κ3) is 4.39. The number of benzene rings is 1. The second-order valence-corrected chi connectivity index (χ2v) is 7.59. The van der Waals surface area contributed by atoms with E-state index in [1.54, 1.807) is 24.4 Å². The van der Waals surface area contributed by atoms with E-state index >= 15 is 0 Å². The number of rotatable bonds is 1. The highest BCUT2D eigenvalue weighted by Crippen LogP contribution is 2.26. The topological polar surface area (TPSA) is 84.4 Å². The fourth-order valence-electron chi connectivity index (χ4n) is 4.24. The maximum Gasteiger partial charge on any atom is 0.274 e. The number of aromatic nitrogens is 2. The molecule has 29 heavy (non-hydrogen) atoms. The van der Waals surface area contributed by atoms with E-state index in [2.05, 4.69) is 15.5 Å². The summed E-state index contributed by atoms with van der Waals surface area (Å²) in [7, 11) is 0. The third-order valence-corrected chi connectivity index (χ3v) is 5.68. The normalized spacial score (nSPS) is 22.8. The van der Waals surface area contributed by atoms with Gasteiger partial charge in [-0.3, -0.25) is 9.59 Å². The Morgan fingerprint density at radius 3 is 2.83 bits per heavy atom. The molecule has 7 nitrogen and oxygen atoms in total. The molecule has 1 saturated heterocycles. The zero-order valence-electron chi connectivity index (χ0n) is 16.4. The van der Waals surface area contributed by atoms with Crippen LogP contribution in [0.5, 0.6) is 5.75 Å². The van der Waals surface area contributed by atoms with Gasteiger partial charge in [-0.25, -0.2) is 0 Å². The maximum absolute atomic E-state index is 13.1. The van der Waals surface area contributed by atoms with Crippen molar-refractivity contribution < 1.29 is 14.3 Å². The number of nitrogens with one attached hydrogen (secondary N) is 1. The van der Waals surface area contributed by atoms with Crippen LogP contribution in [0.2, 0.25) is 0 Å². The molecule has 0 unspecified atom stereocenters. The number of likely N-dealkylation sites (tertiary alicyclic amines) is 1. The first-order valence-corrected chi connectivity index (χ1v) is 10.4. The number of amides is 2. The summed E-state index contributed by atoms with van der Waals surface area (Å²) in [6.45, 7) is 1.26. The van der Waals surface area contributed by atoms with Gasteiger partial charge in [0.25, 0.3) is 11.8 Å². The predicted octanol–water partition coefficient (Wildman–Crippen LogP) is 2.83. The molecule has 3 heterocycles. The van der Waals surface area contributed by atoms with Crippen LogP contribution in [0.4, 0.5) is 0 Å².